The number of carbonyl (C=O) groups is 4. The number of nitrogens with zero attached hydrogens (tertiary/aromatic N) is 6. The lowest BCUT2D eigenvalue weighted by Gasteiger charge is -2.38. The summed E-state index contributed by atoms with van der Waals surface area (Å²) in [6.45, 7) is 30.0. The van der Waals surface area contributed by atoms with Crippen LogP contribution in [0.4, 0.5) is 9.59 Å². The van der Waals surface area contributed by atoms with E-state index in [0.29, 0.717) is 38.6 Å². The molecule has 2 fully saturated rings. The molecule has 0 spiro atoms. The minimum Gasteiger partial charge on any atom is -0.444 e. The number of hydrogen-bond acceptors (Lipinski definition) is 9. The fourth-order valence-electron chi connectivity index (χ4n) is 5.21. The summed E-state index contributed by atoms with van der Waals surface area (Å²) in [6, 6.07) is 0. The summed E-state index contributed by atoms with van der Waals surface area (Å²) in [5.41, 5.74) is 1.14. The maximum Gasteiger partial charge on any atom is 0.410 e. The Balaban J connectivity index is 0.000000432. The number of alkyl halides is 2. The van der Waals surface area contributed by atoms with Crippen molar-refractivity contribution < 1.29 is 28.7 Å². The average Bonchev–Trinajstić information content (AvgIpc) is 3.69. The molecule has 0 saturated carbocycles. The first-order valence-electron chi connectivity index (χ1n) is 19.4. The summed E-state index contributed by atoms with van der Waals surface area (Å²) in [7, 11) is 1.76. The summed E-state index contributed by atoms with van der Waals surface area (Å²) in [4.78, 5) is 67.8. The lowest BCUT2D eigenvalue weighted by Crippen LogP contribution is -2.50. The van der Waals surface area contributed by atoms with Gasteiger partial charge in [0.05, 0.1) is 39.9 Å². The second-order valence-corrected chi connectivity index (χ2v) is 19.0. The molecular weight excluding hydrogens is 872 g/mol. The van der Waals surface area contributed by atoms with Crippen molar-refractivity contribution in [1.82, 2.24) is 39.5 Å². The first-order valence-corrected chi connectivity index (χ1v) is 21.6. The van der Waals surface area contributed by atoms with Crippen LogP contribution in [0.5, 0.6) is 0 Å². The largest absolute Gasteiger partial charge is 0.444 e. The molecule has 2 aromatic rings. The van der Waals surface area contributed by atoms with E-state index < -0.39 is 11.2 Å². The molecule has 0 aliphatic carbocycles. The molecule has 2 saturated heterocycles. The van der Waals surface area contributed by atoms with Gasteiger partial charge in [-0.05, 0) is 93.0 Å². The first kappa shape index (κ1) is 51.3. The van der Waals surface area contributed by atoms with Gasteiger partial charge in [-0.2, -0.15) is 0 Å². The summed E-state index contributed by atoms with van der Waals surface area (Å²) in [5.74, 6) is 2.35. The molecule has 56 heavy (non-hydrogen) atoms. The van der Waals surface area contributed by atoms with Crippen LogP contribution in [-0.4, -0.2) is 137 Å². The van der Waals surface area contributed by atoms with Gasteiger partial charge in [0, 0.05) is 45.1 Å². The Morgan fingerprint density at radius 3 is 1.46 bits per heavy atom. The molecule has 4 rings (SSSR count). The molecule has 2 aliphatic heterocycles. The number of halogens is 3. The lowest BCUT2D eigenvalue weighted by molar-refractivity contribution is -0.129. The third kappa shape index (κ3) is 19.2. The smallest absolute Gasteiger partial charge is 0.410 e. The van der Waals surface area contributed by atoms with Gasteiger partial charge in [0.2, 0.25) is 11.1 Å². The maximum atomic E-state index is 11.9. The van der Waals surface area contributed by atoms with E-state index in [2.05, 4.69) is 84.4 Å². The number of ether oxygens (including phenoxy) is 2. The normalized spacial score (nSPS) is 15.4. The van der Waals surface area contributed by atoms with E-state index >= 15 is 0 Å². The van der Waals surface area contributed by atoms with Crippen molar-refractivity contribution in [1.29, 1.82) is 0 Å². The second-order valence-electron chi connectivity index (χ2n) is 15.9. The minimum absolute atomic E-state index is 0.0193. The molecule has 4 heterocycles. The van der Waals surface area contributed by atoms with Crippen LogP contribution >= 0.6 is 43.5 Å². The van der Waals surface area contributed by atoms with Gasteiger partial charge in [-0.25, -0.2) is 19.6 Å². The second kappa shape index (κ2) is 24.3. The molecule has 2 aromatic heterocycles. The standard InChI is InChI=1S/C16H25BrN4O3.C14H23N3O2.C6H15N.C3H4BrClO/c1-10(17)14(22)20(5)9-12-6-18-13(19-12)11-7-21(8-11)15(23)24-16(2,3)4;1-5-6-11-7-15-12(16-11)10-8-17(9-10)13(18)19-14(2,3)4;1-4-7(5-2)6-3;1-2(4)3(5)6/h6,10-11H,7-9H2,1-5H3,(H,18,19);7,10H,5-6,8-9H2,1-4H3,(H,15,16);4-6H2,1-3H3;2H,1H3. The van der Waals surface area contributed by atoms with Gasteiger partial charge < -0.3 is 39.0 Å². The Kier molecular flexibility index (Phi) is 22.3. The van der Waals surface area contributed by atoms with Crippen molar-refractivity contribution in [2.75, 3.05) is 52.9 Å². The van der Waals surface area contributed by atoms with Gasteiger partial charge in [-0.1, -0.05) is 66.0 Å². The van der Waals surface area contributed by atoms with Gasteiger partial charge in [-0.15, -0.1) is 0 Å². The fourth-order valence-corrected chi connectivity index (χ4v) is 5.56. The van der Waals surface area contributed by atoms with E-state index in [0.717, 1.165) is 30.2 Å². The number of aromatic amines is 2. The summed E-state index contributed by atoms with van der Waals surface area (Å²) < 4.78 is 10.7. The number of rotatable bonds is 11. The van der Waals surface area contributed by atoms with E-state index in [1.807, 2.05) is 47.7 Å². The van der Waals surface area contributed by atoms with Gasteiger partial charge >= 0.3 is 12.2 Å². The van der Waals surface area contributed by atoms with Crippen molar-refractivity contribution in [2.45, 2.75) is 135 Å². The van der Waals surface area contributed by atoms with Crippen LogP contribution in [-0.2, 0) is 32.0 Å². The number of imidazole rings is 2. The number of likely N-dealkylation sites (tertiary alicyclic amines) is 2. The van der Waals surface area contributed by atoms with Crippen LogP contribution in [0.2, 0.25) is 0 Å². The fraction of sp³-hybridized carbons (Fsp3) is 0.744. The maximum absolute atomic E-state index is 11.9. The number of H-pyrrole nitrogens is 2. The Labute approximate surface area is 356 Å². The Hall–Kier alpha value is -2.69. The molecule has 17 heteroatoms. The van der Waals surface area contributed by atoms with Gasteiger partial charge in [0.25, 0.3) is 0 Å². The molecule has 0 aromatic carbocycles. The third-order valence-corrected chi connectivity index (χ3v) is 9.83. The highest BCUT2D eigenvalue weighted by atomic mass is 79.9. The van der Waals surface area contributed by atoms with Gasteiger partial charge in [-0.3, -0.25) is 9.59 Å². The molecule has 0 radical (unpaired) electrons. The zero-order valence-electron chi connectivity index (χ0n) is 35.8. The molecular formula is C39H67Br2ClN8O6. The van der Waals surface area contributed by atoms with Crippen molar-refractivity contribution in [3.63, 3.8) is 0 Å². The molecule has 320 valence electrons. The number of aromatic nitrogens is 4. The van der Waals surface area contributed by atoms with Crippen LogP contribution < -0.4 is 0 Å². The van der Waals surface area contributed by atoms with Crippen LogP contribution in [0, 0.1) is 0 Å². The van der Waals surface area contributed by atoms with Crippen LogP contribution in [0.3, 0.4) is 0 Å². The van der Waals surface area contributed by atoms with E-state index in [1.54, 1.807) is 41.8 Å². The quantitative estimate of drug-likeness (QED) is 0.168. The number of aryl methyl sites for hydroxylation is 1. The molecule has 2 N–H and O–H groups in total. The Morgan fingerprint density at radius 1 is 0.786 bits per heavy atom. The topological polar surface area (TPSA) is 157 Å². The summed E-state index contributed by atoms with van der Waals surface area (Å²) in [6.07, 6.45) is 5.25. The van der Waals surface area contributed by atoms with E-state index in [1.165, 1.54) is 25.3 Å². The van der Waals surface area contributed by atoms with E-state index in [-0.39, 0.29) is 38.9 Å². The minimum atomic E-state index is -0.482. The van der Waals surface area contributed by atoms with E-state index in [9.17, 15) is 19.2 Å². The number of hydrogen-bond donors (Lipinski definition) is 2. The van der Waals surface area contributed by atoms with Gasteiger partial charge in [0.1, 0.15) is 22.9 Å². The first-order chi connectivity index (χ1) is 25.9. The average molecular weight is 939 g/mol. The molecule has 3 amide bonds. The molecule has 2 unspecified atom stereocenters. The third-order valence-electron chi connectivity index (χ3n) is 8.43. The molecule has 2 aliphatic rings. The zero-order valence-corrected chi connectivity index (χ0v) is 39.7. The van der Waals surface area contributed by atoms with Crippen molar-refractivity contribution in [2.24, 2.45) is 0 Å². The van der Waals surface area contributed by atoms with E-state index in [4.69, 9.17) is 21.1 Å². The molecule has 2 atom stereocenters. The Bertz CT molecular complexity index is 1490. The zero-order chi connectivity index (χ0) is 43.0. The number of nitrogens with one attached hydrogen (secondary N) is 2. The lowest BCUT2D eigenvalue weighted by atomic mass is 10.0. The monoisotopic (exact) mass is 936 g/mol. The highest BCUT2D eigenvalue weighted by Gasteiger charge is 2.37. The SMILES string of the molecule is CC(Br)C(=O)Cl.CC(Br)C(=O)N(C)Cc1cnc(C2CN(C(=O)OC(C)(C)C)C2)[nH]1.CCCc1cnc(C2CN(C(=O)OC(C)(C)C)C2)[nH]1.CCN(CC)CC. The summed E-state index contributed by atoms with van der Waals surface area (Å²) >= 11 is 11.2. The van der Waals surface area contributed by atoms with Gasteiger partial charge in [0.15, 0.2) is 0 Å². The number of amides is 3. The van der Waals surface area contributed by atoms with Crippen LogP contribution in [0.25, 0.3) is 0 Å². The predicted octanol–water partition coefficient (Wildman–Crippen LogP) is 8.07. The Morgan fingerprint density at radius 2 is 1.16 bits per heavy atom. The summed E-state index contributed by atoms with van der Waals surface area (Å²) in [5, 5.41) is -0.352. The predicted molar refractivity (Wildman–Crippen MR) is 230 cm³/mol. The van der Waals surface area contributed by atoms with Crippen molar-refractivity contribution in [3.05, 3.63) is 35.4 Å². The van der Waals surface area contributed by atoms with Crippen molar-refractivity contribution >= 4 is 66.8 Å². The molecule has 0 bridgehead atoms. The van der Waals surface area contributed by atoms with Crippen molar-refractivity contribution in [3.8, 4) is 0 Å². The number of carbonyl (C=O) groups excluding carboxylic acids is 4. The highest BCUT2D eigenvalue weighted by molar-refractivity contribution is 9.10. The molecule has 14 nitrogen and oxygen atoms in total. The van der Waals surface area contributed by atoms with Crippen LogP contribution in [0.15, 0.2) is 12.4 Å². The van der Waals surface area contributed by atoms with Crippen LogP contribution in [0.1, 0.15) is 124 Å². The highest BCUT2D eigenvalue weighted by Crippen LogP contribution is 2.28.